The Labute approximate surface area is 127 Å². The highest BCUT2D eigenvalue weighted by Gasteiger charge is 2.21. The van der Waals surface area contributed by atoms with Gasteiger partial charge in [-0.3, -0.25) is 0 Å². The zero-order chi connectivity index (χ0) is 14.2. The zero-order valence-corrected chi connectivity index (χ0v) is 13.1. The Kier molecular flexibility index (Phi) is 6.85. The van der Waals surface area contributed by atoms with Crippen molar-refractivity contribution < 1.29 is 9.47 Å². The molecular weight excluding hydrogens is 272 g/mol. The van der Waals surface area contributed by atoms with E-state index >= 15 is 0 Å². The second-order valence-corrected chi connectivity index (χ2v) is 6.06. The Hall–Kier alpha value is -0.570. The minimum Gasteiger partial charge on any atom is -0.352 e. The monoisotopic (exact) mass is 296 g/mol. The maximum Gasteiger partial charge on any atom is 0.157 e. The number of aryl methyl sites for hydroxylation is 1. The lowest BCUT2D eigenvalue weighted by Crippen LogP contribution is -2.32. The fourth-order valence-corrected chi connectivity index (χ4v) is 2.66. The van der Waals surface area contributed by atoms with Crippen LogP contribution in [0.3, 0.4) is 0 Å². The second kappa shape index (κ2) is 8.66. The first-order valence-electron chi connectivity index (χ1n) is 7.75. The molecular formula is C17H25ClO2. The molecule has 1 aromatic rings. The van der Waals surface area contributed by atoms with E-state index in [1.165, 1.54) is 31.2 Å². The van der Waals surface area contributed by atoms with Crippen LogP contribution in [0, 0.1) is 5.92 Å². The normalized spacial score (nSPS) is 22.9. The summed E-state index contributed by atoms with van der Waals surface area (Å²) in [6.45, 7) is 3.95. The van der Waals surface area contributed by atoms with Gasteiger partial charge in [-0.2, -0.15) is 0 Å². The van der Waals surface area contributed by atoms with Crippen LogP contribution >= 0.6 is 11.6 Å². The Balaban J connectivity index is 1.63. The predicted octanol–water partition coefficient (Wildman–Crippen LogP) is 4.84. The minimum absolute atomic E-state index is 0.0342. The van der Waals surface area contributed by atoms with Gasteiger partial charge in [0, 0.05) is 17.4 Å². The van der Waals surface area contributed by atoms with Gasteiger partial charge >= 0.3 is 0 Å². The molecule has 1 aliphatic heterocycles. The summed E-state index contributed by atoms with van der Waals surface area (Å²) in [6.07, 6.45) is 6.98. The summed E-state index contributed by atoms with van der Waals surface area (Å²) in [7, 11) is 0. The molecule has 0 bridgehead atoms. The summed E-state index contributed by atoms with van der Waals surface area (Å²) in [5.74, 6) is 0.591. The minimum atomic E-state index is -0.0342. The average Bonchev–Trinajstić information content (AvgIpc) is 2.48. The van der Waals surface area contributed by atoms with Crippen LogP contribution in [-0.4, -0.2) is 19.5 Å². The molecule has 1 saturated heterocycles. The van der Waals surface area contributed by atoms with Crippen molar-refractivity contribution in [3.05, 3.63) is 34.9 Å². The van der Waals surface area contributed by atoms with Crippen LogP contribution in [0.25, 0.3) is 0 Å². The van der Waals surface area contributed by atoms with E-state index in [1.54, 1.807) is 0 Å². The van der Waals surface area contributed by atoms with Gasteiger partial charge in [-0.15, -0.1) is 0 Å². The highest BCUT2D eigenvalue weighted by molar-refractivity contribution is 6.30. The molecule has 2 rings (SSSR count). The Bertz CT molecular complexity index is 369. The van der Waals surface area contributed by atoms with Crippen LogP contribution in [0.5, 0.6) is 0 Å². The van der Waals surface area contributed by atoms with E-state index in [0.717, 1.165) is 31.1 Å². The van der Waals surface area contributed by atoms with Gasteiger partial charge in [-0.05, 0) is 30.5 Å². The fraction of sp³-hybridized carbons (Fsp3) is 0.647. The maximum absolute atomic E-state index is 5.88. The first kappa shape index (κ1) is 15.8. The van der Waals surface area contributed by atoms with Crippen molar-refractivity contribution in [3.63, 3.8) is 0 Å². The van der Waals surface area contributed by atoms with Gasteiger partial charge in [-0.1, -0.05) is 49.9 Å². The lowest BCUT2D eigenvalue weighted by Gasteiger charge is -2.29. The van der Waals surface area contributed by atoms with Crippen LogP contribution in [-0.2, 0) is 15.9 Å². The number of rotatable bonds is 7. The summed E-state index contributed by atoms with van der Waals surface area (Å²) in [4.78, 5) is 0. The summed E-state index contributed by atoms with van der Waals surface area (Å²) < 4.78 is 11.6. The zero-order valence-electron chi connectivity index (χ0n) is 12.3. The van der Waals surface area contributed by atoms with Crippen LogP contribution < -0.4 is 0 Å². The average molecular weight is 297 g/mol. The van der Waals surface area contributed by atoms with Crippen molar-refractivity contribution in [3.8, 4) is 0 Å². The summed E-state index contributed by atoms with van der Waals surface area (Å²) in [5, 5.41) is 0.786. The third-order valence-electron chi connectivity index (χ3n) is 3.83. The van der Waals surface area contributed by atoms with E-state index in [-0.39, 0.29) is 6.29 Å². The number of benzene rings is 1. The van der Waals surface area contributed by atoms with Crippen molar-refractivity contribution in [1.82, 2.24) is 0 Å². The van der Waals surface area contributed by atoms with Crippen molar-refractivity contribution in [2.45, 2.75) is 51.7 Å². The van der Waals surface area contributed by atoms with E-state index in [2.05, 4.69) is 19.1 Å². The van der Waals surface area contributed by atoms with Gasteiger partial charge in [0.1, 0.15) is 0 Å². The molecule has 20 heavy (non-hydrogen) atoms. The van der Waals surface area contributed by atoms with Crippen LogP contribution in [0.2, 0.25) is 5.02 Å². The first-order chi connectivity index (χ1) is 9.78. The molecule has 0 spiro atoms. The number of ether oxygens (including phenoxy) is 2. The lowest BCUT2D eigenvalue weighted by atomic mass is 10.0. The van der Waals surface area contributed by atoms with Gasteiger partial charge in [0.25, 0.3) is 0 Å². The molecule has 0 unspecified atom stereocenters. The predicted molar refractivity (Wildman–Crippen MR) is 83.1 cm³/mol. The van der Waals surface area contributed by atoms with Crippen LogP contribution in [0.4, 0.5) is 0 Å². The molecule has 0 radical (unpaired) electrons. The van der Waals surface area contributed by atoms with Gasteiger partial charge < -0.3 is 9.47 Å². The van der Waals surface area contributed by atoms with E-state index in [1.807, 2.05) is 12.1 Å². The first-order valence-corrected chi connectivity index (χ1v) is 8.13. The summed E-state index contributed by atoms with van der Waals surface area (Å²) in [5.41, 5.74) is 1.28. The van der Waals surface area contributed by atoms with Gasteiger partial charge in [0.15, 0.2) is 6.29 Å². The Morgan fingerprint density at radius 2 is 1.75 bits per heavy atom. The number of halogens is 1. The van der Waals surface area contributed by atoms with Gasteiger partial charge in [0.2, 0.25) is 0 Å². The Morgan fingerprint density at radius 1 is 1.05 bits per heavy atom. The van der Waals surface area contributed by atoms with Crippen LogP contribution in [0.1, 0.15) is 44.6 Å². The molecule has 1 aliphatic rings. The molecule has 2 nitrogen and oxygen atoms in total. The van der Waals surface area contributed by atoms with Crippen molar-refractivity contribution in [2.24, 2.45) is 5.92 Å². The fourth-order valence-electron chi connectivity index (χ4n) is 2.53. The third-order valence-corrected chi connectivity index (χ3v) is 4.09. The molecule has 0 atom stereocenters. The molecule has 1 fully saturated rings. The molecule has 0 amide bonds. The summed E-state index contributed by atoms with van der Waals surface area (Å²) >= 11 is 5.88. The molecule has 0 saturated carbocycles. The number of hydrogen-bond donors (Lipinski definition) is 0. The smallest absolute Gasteiger partial charge is 0.157 e. The van der Waals surface area contributed by atoms with Crippen molar-refractivity contribution >= 4 is 11.6 Å². The standard InChI is InChI=1S/C17H25ClO2/c1-2-3-4-5-15-12-19-17(20-13-15)11-8-14-6-9-16(18)10-7-14/h6-7,9-10,15,17H,2-5,8,11-13H2,1H3. The van der Waals surface area contributed by atoms with Gasteiger partial charge in [-0.25, -0.2) is 0 Å². The largest absolute Gasteiger partial charge is 0.352 e. The van der Waals surface area contributed by atoms with E-state index in [0.29, 0.717) is 5.92 Å². The molecule has 3 heteroatoms. The third kappa shape index (κ3) is 5.43. The van der Waals surface area contributed by atoms with Crippen molar-refractivity contribution in [1.29, 1.82) is 0 Å². The molecule has 0 aromatic heterocycles. The topological polar surface area (TPSA) is 18.5 Å². The Morgan fingerprint density at radius 3 is 2.40 bits per heavy atom. The molecule has 1 aromatic carbocycles. The summed E-state index contributed by atoms with van der Waals surface area (Å²) in [6, 6.07) is 8.00. The maximum atomic E-state index is 5.88. The number of unbranched alkanes of at least 4 members (excludes halogenated alkanes) is 2. The van der Waals surface area contributed by atoms with E-state index < -0.39 is 0 Å². The van der Waals surface area contributed by atoms with Crippen LogP contribution in [0.15, 0.2) is 24.3 Å². The quantitative estimate of drug-likeness (QED) is 0.670. The molecule has 0 aliphatic carbocycles. The molecule has 1 heterocycles. The highest BCUT2D eigenvalue weighted by Crippen LogP contribution is 2.20. The van der Waals surface area contributed by atoms with E-state index in [9.17, 15) is 0 Å². The molecule has 112 valence electrons. The molecule has 0 N–H and O–H groups in total. The van der Waals surface area contributed by atoms with Crippen molar-refractivity contribution in [2.75, 3.05) is 13.2 Å². The SMILES string of the molecule is CCCCCC1COC(CCc2ccc(Cl)cc2)OC1. The second-order valence-electron chi connectivity index (χ2n) is 5.62. The number of hydrogen-bond acceptors (Lipinski definition) is 2. The van der Waals surface area contributed by atoms with E-state index in [4.69, 9.17) is 21.1 Å². The lowest BCUT2D eigenvalue weighted by molar-refractivity contribution is -0.203. The van der Waals surface area contributed by atoms with Gasteiger partial charge in [0.05, 0.1) is 13.2 Å². The highest BCUT2D eigenvalue weighted by atomic mass is 35.5.